The molecular weight excluding hydrogens is 410 g/mol. The molecule has 1 aromatic heterocycles. The molecule has 2 aromatic carbocycles. The zero-order valence-corrected chi connectivity index (χ0v) is 18.5. The summed E-state index contributed by atoms with van der Waals surface area (Å²) in [5, 5.41) is 3.60. The molecule has 0 unspecified atom stereocenters. The van der Waals surface area contributed by atoms with Crippen LogP contribution in [0, 0.1) is 11.8 Å². The van der Waals surface area contributed by atoms with Crippen LogP contribution < -0.4 is 5.32 Å². The molecule has 1 aliphatic carbocycles. The van der Waals surface area contributed by atoms with Crippen LogP contribution in [0.4, 0.5) is 5.69 Å². The first-order valence-electron chi connectivity index (χ1n) is 11.0. The van der Waals surface area contributed by atoms with Crippen LogP contribution in [0.5, 0.6) is 0 Å². The van der Waals surface area contributed by atoms with Crippen molar-refractivity contribution >= 4 is 40.0 Å². The monoisotopic (exact) mass is 437 g/mol. The molecule has 1 saturated carbocycles. The average Bonchev–Trinajstić information content (AvgIpc) is 3.17. The van der Waals surface area contributed by atoms with Crippen LogP contribution >= 0.6 is 11.6 Å². The minimum atomic E-state index is -0.190. The Balaban J connectivity index is 1.38. The number of halogens is 1. The summed E-state index contributed by atoms with van der Waals surface area (Å²) in [7, 11) is 0. The summed E-state index contributed by atoms with van der Waals surface area (Å²) in [6, 6.07) is 13.1. The zero-order valence-electron chi connectivity index (χ0n) is 17.8. The summed E-state index contributed by atoms with van der Waals surface area (Å²) in [5.41, 5.74) is 3.37. The van der Waals surface area contributed by atoms with Crippen LogP contribution in [0.3, 0.4) is 0 Å². The maximum Gasteiger partial charge on any atom is 0.225 e. The van der Waals surface area contributed by atoms with Crippen molar-refractivity contribution in [2.45, 2.75) is 51.9 Å². The average molecular weight is 438 g/mol. The third-order valence-corrected chi connectivity index (χ3v) is 6.47. The third kappa shape index (κ3) is 5.53. The van der Waals surface area contributed by atoms with E-state index in [4.69, 9.17) is 11.6 Å². The predicted molar refractivity (Wildman–Crippen MR) is 125 cm³/mol. The Kier molecular flexibility index (Phi) is 6.71. The number of carbonyl (C=O) groups excluding carboxylic acids is 2. The number of hydrogen-bond acceptors (Lipinski definition) is 3. The first-order chi connectivity index (χ1) is 15.0. The Morgan fingerprint density at radius 3 is 2.58 bits per heavy atom. The van der Waals surface area contributed by atoms with Crippen LogP contribution in [0.25, 0.3) is 22.4 Å². The van der Waals surface area contributed by atoms with Gasteiger partial charge < -0.3 is 10.3 Å². The van der Waals surface area contributed by atoms with Gasteiger partial charge in [0.25, 0.3) is 0 Å². The standard InChI is InChI=1S/C25H28ClN3O2/c1-16(30)19(13-17-5-3-2-4-6-17)14-24(31)27-21-10-7-18(8-11-21)25-28-22-12-9-20(26)15-23(22)29-25/h7-12,15,17,19H,2-6,13-14H2,1H3,(H,27,31)(H,28,29)/t19-/m1/s1. The number of Topliss-reactive ketones (excluding diaryl/α,β-unsaturated/α-hetero) is 1. The Morgan fingerprint density at radius 1 is 1.13 bits per heavy atom. The molecule has 1 aliphatic rings. The van der Waals surface area contributed by atoms with Crippen LogP contribution in [0.2, 0.25) is 5.02 Å². The fourth-order valence-electron chi connectivity index (χ4n) is 4.48. The largest absolute Gasteiger partial charge is 0.338 e. The van der Waals surface area contributed by atoms with E-state index in [0.717, 1.165) is 28.8 Å². The second-order valence-corrected chi connectivity index (χ2v) is 9.06. The molecule has 0 bridgehead atoms. The fourth-order valence-corrected chi connectivity index (χ4v) is 4.66. The molecule has 1 amide bonds. The van der Waals surface area contributed by atoms with Gasteiger partial charge in [0.15, 0.2) is 0 Å². The van der Waals surface area contributed by atoms with Gasteiger partial charge in [0.1, 0.15) is 11.6 Å². The van der Waals surface area contributed by atoms with Gasteiger partial charge in [-0.2, -0.15) is 0 Å². The lowest BCUT2D eigenvalue weighted by atomic mass is 9.80. The third-order valence-electron chi connectivity index (χ3n) is 6.24. The minimum absolute atomic E-state index is 0.109. The van der Waals surface area contributed by atoms with E-state index in [1.54, 1.807) is 6.92 Å². The highest BCUT2D eigenvalue weighted by molar-refractivity contribution is 6.31. The number of nitrogens with zero attached hydrogens (tertiary/aromatic N) is 1. The fraction of sp³-hybridized carbons (Fsp3) is 0.400. The molecule has 0 radical (unpaired) electrons. The highest BCUT2D eigenvalue weighted by Gasteiger charge is 2.24. The molecule has 1 atom stereocenters. The number of aromatic amines is 1. The number of anilines is 1. The van der Waals surface area contributed by atoms with Crippen molar-refractivity contribution in [1.82, 2.24) is 9.97 Å². The zero-order chi connectivity index (χ0) is 21.8. The molecule has 162 valence electrons. The van der Waals surface area contributed by atoms with Crippen molar-refractivity contribution in [3.05, 3.63) is 47.5 Å². The van der Waals surface area contributed by atoms with Crippen molar-refractivity contribution in [3.8, 4) is 11.4 Å². The van der Waals surface area contributed by atoms with Crippen LogP contribution in [-0.4, -0.2) is 21.7 Å². The van der Waals surface area contributed by atoms with Crippen LogP contribution in [-0.2, 0) is 9.59 Å². The number of rotatable bonds is 7. The van der Waals surface area contributed by atoms with E-state index in [9.17, 15) is 9.59 Å². The van der Waals surface area contributed by atoms with Gasteiger partial charge >= 0.3 is 0 Å². The molecule has 2 N–H and O–H groups in total. The van der Waals surface area contributed by atoms with Gasteiger partial charge in [-0.3, -0.25) is 9.59 Å². The van der Waals surface area contributed by atoms with E-state index in [1.807, 2.05) is 42.5 Å². The lowest BCUT2D eigenvalue weighted by Crippen LogP contribution is -2.24. The number of ketones is 1. The Morgan fingerprint density at radius 2 is 1.87 bits per heavy atom. The highest BCUT2D eigenvalue weighted by Crippen LogP contribution is 2.31. The molecule has 6 heteroatoms. The summed E-state index contributed by atoms with van der Waals surface area (Å²) < 4.78 is 0. The lowest BCUT2D eigenvalue weighted by molar-refractivity contribution is -0.126. The molecule has 0 saturated heterocycles. The Hall–Kier alpha value is -2.66. The van der Waals surface area contributed by atoms with Crippen molar-refractivity contribution in [2.24, 2.45) is 11.8 Å². The number of imidazole rings is 1. The summed E-state index contributed by atoms with van der Waals surface area (Å²) in [6.07, 6.45) is 7.22. The van der Waals surface area contributed by atoms with Gasteiger partial charge in [-0.1, -0.05) is 43.7 Å². The van der Waals surface area contributed by atoms with E-state index in [2.05, 4.69) is 15.3 Å². The van der Waals surface area contributed by atoms with Crippen LogP contribution in [0.1, 0.15) is 51.9 Å². The molecule has 0 aliphatic heterocycles. The molecule has 3 aromatic rings. The maximum absolute atomic E-state index is 12.6. The summed E-state index contributed by atoms with van der Waals surface area (Å²) in [6.45, 7) is 1.61. The smallest absolute Gasteiger partial charge is 0.225 e. The van der Waals surface area contributed by atoms with Gasteiger partial charge in [-0.25, -0.2) is 4.98 Å². The van der Waals surface area contributed by atoms with Crippen molar-refractivity contribution in [2.75, 3.05) is 5.32 Å². The summed E-state index contributed by atoms with van der Waals surface area (Å²) in [5.74, 6) is 1.14. The Bertz CT molecular complexity index is 1070. The summed E-state index contributed by atoms with van der Waals surface area (Å²) in [4.78, 5) is 32.5. The molecule has 1 heterocycles. The molecule has 0 spiro atoms. The van der Waals surface area contributed by atoms with E-state index in [1.165, 1.54) is 32.1 Å². The first kappa shape index (κ1) is 21.6. The normalized spacial score (nSPS) is 15.7. The summed E-state index contributed by atoms with van der Waals surface area (Å²) >= 11 is 6.04. The number of aromatic nitrogens is 2. The van der Waals surface area contributed by atoms with Gasteiger partial charge in [0.2, 0.25) is 5.91 Å². The number of hydrogen-bond donors (Lipinski definition) is 2. The van der Waals surface area contributed by atoms with E-state index in [0.29, 0.717) is 16.6 Å². The first-order valence-corrected chi connectivity index (χ1v) is 11.4. The maximum atomic E-state index is 12.6. The Labute approximate surface area is 187 Å². The topological polar surface area (TPSA) is 74.8 Å². The van der Waals surface area contributed by atoms with E-state index >= 15 is 0 Å². The van der Waals surface area contributed by atoms with Crippen LogP contribution in [0.15, 0.2) is 42.5 Å². The van der Waals surface area contributed by atoms with E-state index < -0.39 is 0 Å². The van der Waals surface area contributed by atoms with Crippen molar-refractivity contribution in [1.29, 1.82) is 0 Å². The van der Waals surface area contributed by atoms with Gasteiger partial charge in [0.05, 0.1) is 11.0 Å². The number of benzene rings is 2. The minimum Gasteiger partial charge on any atom is -0.338 e. The predicted octanol–water partition coefficient (Wildman–Crippen LogP) is 6.39. The van der Waals surface area contributed by atoms with Gasteiger partial charge in [-0.05, 0) is 61.7 Å². The highest BCUT2D eigenvalue weighted by atomic mass is 35.5. The van der Waals surface area contributed by atoms with Crippen molar-refractivity contribution < 1.29 is 9.59 Å². The van der Waals surface area contributed by atoms with E-state index in [-0.39, 0.29) is 24.0 Å². The number of H-pyrrole nitrogens is 1. The van der Waals surface area contributed by atoms with Gasteiger partial charge in [0, 0.05) is 28.6 Å². The molecular formula is C25H28ClN3O2. The van der Waals surface area contributed by atoms with Crippen molar-refractivity contribution in [3.63, 3.8) is 0 Å². The second-order valence-electron chi connectivity index (χ2n) is 8.62. The molecule has 1 fully saturated rings. The SMILES string of the molecule is CC(=O)[C@@H](CC(=O)Nc1ccc(-c2nc3ccc(Cl)cc3[nH]2)cc1)CC1CCCCC1. The number of amides is 1. The number of carbonyl (C=O) groups is 2. The molecule has 4 rings (SSSR count). The second kappa shape index (κ2) is 9.65. The lowest BCUT2D eigenvalue weighted by Gasteiger charge is -2.25. The molecule has 5 nitrogen and oxygen atoms in total. The number of nitrogens with one attached hydrogen (secondary N) is 2. The quantitative estimate of drug-likeness (QED) is 0.449. The molecule has 31 heavy (non-hydrogen) atoms. The number of fused-ring (bicyclic) bond motifs is 1. The van der Waals surface area contributed by atoms with Gasteiger partial charge in [-0.15, -0.1) is 0 Å².